The highest BCUT2D eigenvalue weighted by Crippen LogP contribution is 2.26. The van der Waals surface area contributed by atoms with Crippen LogP contribution in [0, 0.1) is 5.41 Å². The van der Waals surface area contributed by atoms with Crippen LogP contribution in [0.4, 0.5) is 0 Å². The number of halogens is 1. The van der Waals surface area contributed by atoms with E-state index in [0.717, 1.165) is 17.3 Å². The fraction of sp³-hybridized carbons (Fsp3) is 0.500. The van der Waals surface area contributed by atoms with E-state index in [0.29, 0.717) is 0 Å². The van der Waals surface area contributed by atoms with E-state index in [2.05, 4.69) is 41.9 Å². The van der Waals surface area contributed by atoms with E-state index >= 15 is 0 Å². The summed E-state index contributed by atoms with van der Waals surface area (Å²) in [7, 11) is 0. The van der Waals surface area contributed by atoms with Crippen molar-refractivity contribution in [3.8, 4) is 0 Å². The molecule has 2 heteroatoms. The fourth-order valence-electron chi connectivity index (χ4n) is 1.43. The standard InChI is InChI=1S/C12H17BrO/c1-3-12(2,9-14)8-10-5-4-6-11(13)7-10/h4-7,14H,3,8-9H2,1-2H3. The molecular weight excluding hydrogens is 240 g/mol. The first-order chi connectivity index (χ1) is 6.59. The minimum absolute atomic E-state index is 0.0147. The molecule has 1 aromatic rings. The van der Waals surface area contributed by atoms with Crippen molar-refractivity contribution in [3.63, 3.8) is 0 Å². The fourth-order valence-corrected chi connectivity index (χ4v) is 1.88. The van der Waals surface area contributed by atoms with Gasteiger partial charge in [0.25, 0.3) is 0 Å². The predicted molar refractivity (Wildman–Crippen MR) is 63.3 cm³/mol. The highest BCUT2D eigenvalue weighted by Gasteiger charge is 2.21. The van der Waals surface area contributed by atoms with Crippen LogP contribution >= 0.6 is 15.9 Å². The average molecular weight is 257 g/mol. The van der Waals surface area contributed by atoms with Crippen molar-refractivity contribution in [3.05, 3.63) is 34.3 Å². The maximum absolute atomic E-state index is 9.30. The summed E-state index contributed by atoms with van der Waals surface area (Å²) in [4.78, 5) is 0. The molecule has 0 aromatic heterocycles. The number of hydrogen-bond acceptors (Lipinski definition) is 1. The van der Waals surface area contributed by atoms with E-state index in [1.165, 1.54) is 5.56 Å². The van der Waals surface area contributed by atoms with Crippen molar-refractivity contribution in [2.24, 2.45) is 5.41 Å². The Hall–Kier alpha value is -0.340. The van der Waals surface area contributed by atoms with E-state index in [9.17, 15) is 5.11 Å². The highest BCUT2D eigenvalue weighted by atomic mass is 79.9. The zero-order valence-corrected chi connectivity index (χ0v) is 10.3. The molecule has 0 saturated heterocycles. The molecule has 1 aromatic carbocycles. The Morgan fingerprint density at radius 3 is 2.64 bits per heavy atom. The molecule has 0 radical (unpaired) electrons. The summed E-state index contributed by atoms with van der Waals surface area (Å²) in [6, 6.07) is 8.27. The van der Waals surface area contributed by atoms with E-state index < -0.39 is 0 Å². The SMILES string of the molecule is CCC(C)(CO)Cc1cccc(Br)c1. The minimum Gasteiger partial charge on any atom is -0.396 e. The lowest BCUT2D eigenvalue weighted by Crippen LogP contribution is -2.23. The van der Waals surface area contributed by atoms with Crippen LogP contribution in [0.1, 0.15) is 25.8 Å². The summed E-state index contributed by atoms with van der Waals surface area (Å²) in [5, 5.41) is 9.30. The van der Waals surface area contributed by atoms with Gasteiger partial charge in [-0.2, -0.15) is 0 Å². The first-order valence-corrected chi connectivity index (χ1v) is 5.74. The topological polar surface area (TPSA) is 20.2 Å². The second-order valence-corrected chi connectivity index (χ2v) is 5.04. The molecule has 1 N–H and O–H groups in total. The van der Waals surface area contributed by atoms with Gasteiger partial charge >= 0.3 is 0 Å². The largest absolute Gasteiger partial charge is 0.396 e. The highest BCUT2D eigenvalue weighted by molar-refractivity contribution is 9.10. The van der Waals surface area contributed by atoms with Gasteiger partial charge in [-0.25, -0.2) is 0 Å². The van der Waals surface area contributed by atoms with Gasteiger partial charge in [0.05, 0.1) is 0 Å². The van der Waals surface area contributed by atoms with Gasteiger partial charge in [-0.3, -0.25) is 0 Å². The van der Waals surface area contributed by atoms with Crippen LogP contribution in [0.5, 0.6) is 0 Å². The smallest absolute Gasteiger partial charge is 0.0487 e. The Morgan fingerprint density at radius 1 is 1.43 bits per heavy atom. The third-order valence-corrected chi connectivity index (χ3v) is 3.25. The van der Waals surface area contributed by atoms with Gasteiger partial charge in [-0.1, -0.05) is 41.9 Å². The Labute approximate surface area is 94.3 Å². The first kappa shape index (κ1) is 11.7. The summed E-state index contributed by atoms with van der Waals surface area (Å²) in [6.07, 6.45) is 1.93. The molecule has 0 aliphatic carbocycles. The van der Waals surface area contributed by atoms with Crippen LogP contribution < -0.4 is 0 Å². The van der Waals surface area contributed by atoms with Crippen LogP contribution in [0.2, 0.25) is 0 Å². The Balaban J connectivity index is 2.77. The second kappa shape index (κ2) is 4.94. The molecule has 0 fully saturated rings. The molecule has 0 aliphatic rings. The molecule has 0 aliphatic heterocycles. The monoisotopic (exact) mass is 256 g/mol. The van der Waals surface area contributed by atoms with Gasteiger partial charge in [0.1, 0.15) is 0 Å². The van der Waals surface area contributed by atoms with E-state index in [1.54, 1.807) is 0 Å². The normalized spacial score (nSPS) is 15.1. The van der Waals surface area contributed by atoms with Crippen molar-refractivity contribution in [2.75, 3.05) is 6.61 Å². The summed E-state index contributed by atoms with van der Waals surface area (Å²) in [6.45, 7) is 4.48. The maximum atomic E-state index is 9.30. The predicted octanol–water partition coefficient (Wildman–Crippen LogP) is 3.40. The van der Waals surface area contributed by atoms with Crippen molar-refractivity contribution < 1.29 is 5.11 Å². The third kappa shape index (κ3) is 3.10. The molecule has 0 saturated carbocycles. The van der Waals surface area contributed by atoms with Gasteiger partial charge in [0.15, 0.2) is 0 Å². The van der Waals surface area contributed by atoms with Crippen LogP contribution in [-0.4, -0.2) is 11.7 Å². The zero-order valence-electron chi connectivity index (χ0n) is 8.76. The molecule has 1 rings (SSSR count). The second-order valence-electron chi connectivity index (χ2n) is 4.13. The number of aliphatic hydroxyl groups is 1. The van der Waals surface area contributed by atoms with Crippen LogP contribution in [0.3, 0.4) is 0 Å². The number of hydrogen-bond donors (Lipinski definition) is 1. The molecule has 0 spiro atoms. The van der Waals surface area contributed by atoms with Crippen molar-refractivity contribution in [1.82, 2.24) is 0 Å². The third-order valence-electron chi connectivity index (χ3n) is 2.76. The quantitative estimate of drug-likeness (QED) is 0.876. The van der Waals surface area contributed by atoms with Crippen LogP contribution in [-0.2, 0) is 6.42 Å². The van der Waals surface area contributed by atoms with Crippen LogP contribution in [0.25, 0.3) is 0 Å². The molecule has 1 atom stereocenters. The van der Waals surface area contributed by atoms with E-state index in [1.807, 2.05) is 12.1 Å². The lowest BCUT2D eigenvalue weighted by atomic mass is 9.82. The summed E-state index contributed by atoms with van der Waals surface area (Å²) in [5.74, 6) is 0. The van der Waals surface area contributed by atoms with Gasteiger partial charge in [-0.15, -0.1) is 0 Å². The lowest BCUT2D eigenvalue weighted by molar-refractivity contribution is 0.137. The van der Waals surface area contributed by atoms with Crippen molar-refractivity contribution >= 4 is 15.9 Å². The maximum Gasteiger partial charge on any atom is 0.0487 e. The zero-order chi connectivity index (χ0) is 10.6. The summed E-state index contributed by atoms with van der Waals surface area (Å²) in [5.41, 5.74) is 1.29. The summed E-state index contributed by atoms with van der Waals surface area (Å²) < 4.78 is 1.10. The lowest BCUT2D eigenvalue weighted by Gasteiger charge is -2.25. The van der Waals surface area contributed by atoms with Gasteiger partial charge in [0.2, 0.25) is 0 Å². The van der Waals surface area contributed by atoms with Gasteiger partial charge in [-0.05, 0) is 36.0 Å². The van der Waals surface area contributed by atoms with E-state index in [-0.39, 0.29) is 12.0 Å². The Morgan fingerprint density at radius 2 is 2.14 bits per heavy atom. The first-order valence-electron chi connectivity index (χ1n) is 4.95. The molecule has 1 unspecified atom stereocenters. The summed E-state index contributed by atoms with van der Waals surface area (Å²) >= 11 is 3.45. The van der Waals surface area contributed by atoms with Crippen molar-refractivity contribution in [2.45, 2.75) is 26.7 Å². The molecule has 0 heterocycles. The molecule has 14 heavy (non-hydrogen) atoms. The van der Waals surface area contributed by atoms with Gasteiger partial charge < -0.3 is 5.11 Å². The molecular formula is C12H17BrO. The molecule has 78 valence electrons. The molecule has 1 nitrogen and oxygen atoms in total. The Kier molecular flexibility index (Phi) is 4.14. The molecule has 0 amide bonds. The number of aliphatic hydroxyl groups excluding tert-OH is 1. The van der Waals surface area contributed by atoms with Crippen LogP contribution in [0.15, 0.2) is 28.7 Å². The average Bonchev–Trinajstić information content (AvgIpc) is 2.18. The Bertz CT molecular complexity index is 292. The molecule has 0 bridgehead atoms. The van der Waals surface area contributed by atoms with E-state index in [4.69, 9.17) is 0 Å². The van der Waals surface area contributed by atoms with Gasteiger partial charge in [0, 0.05) is 11.1 Å². The number of benzene rings is 1. The number of rotatable bonds is 4. The minimum atomic E-state index is 0.0147. The van der Waals surface area contributed by atoms with Crippen molar-refractivity contribution in [1.29, 1.82) is 0 Å².